The van der Waals surface area contributed by atoms with Gasteiger partial charge in [-0.2, -0.15) is 5.10 Å². The van der Waals surface area contributed by atoms with Crippen molar-refractivity contribution in [3.8, 4) is 0 Å². The van der Waals surface area contributed by atoms with E-state index in [0.29, 0.717) is 0 Å². The van der Waals surface area contributed by atoms with Crippen LogP contribution in [0.15, 0.2) is 35.6 Å². The van der Waals surface area contributed by atoms with Gasteiger partial charge in [-0.25, -0.2) is 13.1 Å². The second-order valence-electron chi connectivity index (χ2n) is 3.71. The summed E-state index contributed by atoms with van der Waals surface area (Å²) in [5, 5.41) is 6.09. The van der Waals surface area contributed by atoms with E-state index in [-0.39, 0.29) is 11.6 Å². The smallest absolute Gasteiger partial charge is 0.257 e. The fourth-order valence-electron chi connectivity index (χ4n) is 1.59. The van der Waals surface area contributed by atoms with Gasteiger partial charge in [0.2, 0.25) is 0 Å². The normalized spacial score (nSPS) is 11.6. The number of aromatic nitrogens is 3. The molecule has 6 nitrogen and oxygen atoms in total. The number of pyridine rings is 1. The van der Waals surface area contributed by atoms with Crippen molar-refractivity contribution in [3.05, 3.63) is 41.9 Å². The number of aromatic amines is 1. The van der Waals surface area contributed by atoms with Crippen LogP contribution < -0.4 is 4.72 Å². The van der Waals surface area contributed by atoms with E-state index in [1.54, 1.807) is 6.20 Å². The third kappa shape index (κ3) is 2.74. The summed E-state index contributed by atoms with van der Waals surface area (Å²) in [6.07, 6.45) is 3.86. The van der Waals surface area contributed by atoms with Gasteiger partial charge in [0, 0.05) is 6.20 Å². The molecule has 0 aliphatic heterocycles. The Balaban J connectivity index is 2.13. The minimum atomic E-state index is -3.55. The Morgan fingerprint density at radius 1 is 1.33 bits per heavy atom. The molecule has 0 saturated heterocycles. The Labute approximate surface area is 106 Å². The number of rotatable bonds is 5. The zero-order valence-corrected chi connectivity index (χ0v) is 10.7. The van der Waals surface area contributed by atoms with E-state index in [2.05, 4.69) is 19.9 Å². The molecule has 0 unspecified atom stereocenters. The molecule has 2 aromatic heterocycles. The average molecular weight is 266 g/mol. The van der Waals surface area contributed by atoms with E-state index in [0.717, 1.165) is 17.7 Å². The van der Waals surface area contributed by atoms with E-state index in [1.807, 2.05) is 19.1 Å². The molecule has 18 heavy (non-hydrogen) atoms. The summed E-state index contributed by atoms with van der Waals surface area (Å²) in [5.74, 6) is 0. The second kappa shape index (κ2) is 5.28. The van der Waals surface area contributed by atoms with Crippen molar-refractivity contribution < 1.29 is 8.42 Å². The highest BCUT2D eigenvalue weighted by Gasteiger charge is 2.15. The molecule has 2 heterocycles. The summed E-state index contributed by atoms with van der Waals surface area (Å²) in [6, 6.07) is 5.18. The van der Waals surface area contributed by atoms with Crippen LogP contribution in [-0.2, 0) is 23.0 Å². The molecule has 0 saturated carbocycles. The molecule has 0 bridgehead atoms. The zero-order valence-electron chi connectivity index (χ0n) is 9.92. The van der Waals surface area contributed by atoms with Crippen LogP contribution in [0.1, 0.15) is 18.2 Å². The summed E-state index contributed by atoms with van der Waals surface area (Å²) < 4.78 is 26.2. The molecule has 7 heteroatoms. The van der Waals surface area contributed by atoms with Gasteiger partial charge in [0.05, 0.1) is 18.4 Å². The molecule has 0 aliphatic rings. The molecule has 2 rings (SSSR count). The lowest BCUT2D eigenvalue weighted by molar-refractivity contribution is 0.575. The molecule has 0 amide bonds. The van der Waals surface area contributed by atoms with Crippen molar-refractivity contribution in [2.45, 2.75) is 24.9 Å². The fraction of sp³-hybridized carbons (Fsp3) is 0.273. The summed E-state index contributed by atoms with van der Waals surface area (Å²) in [5.41, 5.74) is 1.77. The summed E-state index contributed by atoms with van der Waals surface area (Å²) in [6.45, 7) is 2.18. The number of hydrogen-bond donors (Lipinski definition) is 2. The molecule has 0 fully saturated rings. The Kier molecular flexibility index (Phi) is 3.73. The maximum Gasteiger partial charge on any atom is 0.257 e. The fourth-order valence-corrected chi connectivity index (χ4v) is 2.48. The van der Waals surface area contributed by atoms with Gasteiger partial charge in [0.15, 0.2) is 5.03 Å². The molecule has 96 valence electrons. The van der Waals surface area contributed by atoms with E-state index in [1.165, 1.54) is 12.3 Å². The number of nitrogens with zero attached hydrogens (tertiary/aromatic N) is 2. The SMILES string of the molecule is CCc1cccnc1CNS(=O)(=O)c1ccn[nH]1. The van der Waals surface area contributed by atoms with Crippen LogP contribution in [0.4, 0.5) is 0 Å². The van der Waals surface area contributed by atoms with Crippen molar-refractivity contribution >= 4 is 10.0 Å². The van der Waals surface area contributed by atoms with Crippen LogP contribution in [0, 0.1) is 0 Å². The van der Waals surface area contributed by atoms with Crippen LogP contribution in [0.2, 0.25) is 0 Å². The second-order valence-corrected chi connectivity index (χ2v) is 5.44. The lowest BCUT2D eigenvalue weighted by Gasteiger charge is -2.07. The highest BCUT2D eigenvalue weighted by atomic mass is 32.2. The molecule has 2 aromatic rings. The minimum Gasteiger partial charge on any atom is -0.266 e. The van der Waals surface area contributed by atoms with Crippen LogP contribution in [0.25, 0.3) is 0 Å². The molecule has 0 aliphatic carbocycles. The Morgan fingerprint density at radius 2 is 2.17 bits per heavy atom. The minimum absolute atomic E-state index is 0.0523. The van der Waals surface area contributed by atoms with Crippen molar-refractivity contribution in [2.24, 2.45) is 0 Å². The lowest BCUT2D eigenvalue weighted by atomic mass is 10.1. The van der Waals surface area contributed by atoms with Crippen LogP contribution >= 0.6 is 0 Å². The van der Waals surface area contributed by atoms with E-state index < -0.39 is 10.0 Å². The number of nitrogens with one attached hydrogen (secondary N) is 2. The molecule has 0 aromatic carbocycles. The van der Waals surface area contributed by atoms with E-state index >= 15 is 0 Å². The summed E-state index contributed by atoms with van der Waals surface area (Å²) in [7, 11) is -3.55. The first-order chi connectivity index (χ1) is 8.63. The lowest BCUT2D eigenvalue weighted by Crippen LogP contribution is -2.24. The van der Waals surface area contributed by atoms with Gasteiger partial charge < -0.3 is 0 Å². The standard InChI is InChI=1S/C11H14N4O2S/c1-2-9-4-3-6-12-10(9)8-14-18(16,17)11-5-7-13-15-11/h3-7,14H,2,8H2,1H3,(H,13,15). The largest absolute Gasteiger partial charge is 0.266 e. The molecule has 0 atom stereocenters. The van der Waals surface area contributed by atoms with Crippen molar-refractivity contribution in [2.75, 3.05) is 0 Å². The highest BCUT2D eigenvalue weighted by Crippen LogP contribution is 2.08. The third-order valence-corrected chi connectivity index (χ3v) is 3.89. The van der Waals surface area contributed by atoms with E-state index in [4.69, 9.17) is 0 Å². The topological polar surface area (TPSA) is 87.7 Å². The average Bonchev–Trinajstić information content (AvgIpc) is 2.91. The Bertz CT molecular complexity index is 608. The van der Waals surface area contributed by atoms with Crippen LogP contribution in [0.3, 0.4) is 0 Å². The van der Waals surface area contributed by atoms with Crippen LogP contribution in [0.5, 0.6) is 0 Å². The van der Waals surface area contributed by atoms with Crippen molar-refractivity contribution in [1.29, 1.82) is 0 Å². The Hall–Kier alpha value is -1.73. The predicted octanol–water partition coefficient (Wildman–Crippen LogP) is 0.846. The van der Waals surface area contributed by atoms with E-state index in [9.17, 15) is 8.42 Å². The van der Waals surface area contributed by atoms with Crippen molar-refractivity contribution in [3.63, 3.8) is 0 Å². The van der Waals surface area contributed by atoms with Gasteiger partial charge in [-0.05, 0) is 24.1 Å². The zero-order chi connectivity index (χ0) is 13.0. The monoisotopic (exact) mass is 266 g/mol. The van der Waals surface area contributed by atoms with Gasteiger partial charge in [0.25, 0.3) is 10.0 Å². The molecule has 0 spiro atoms. The molecule has 0 radical (unpaired) electrons. The third-order valence-electron chi connectivity index (χ3n) is 2.56. The maximum atomic E-state index is 11.9. The van der Waals surface area contributed by atoms with Crippen LogP contribution in [-0.4, -0.2) is 23.6 Å². The number of aryl methyl sites for hydroxylation is 1. The first-order valence-electron chi connectivity index (χ1n) is 5.55. The first kappa shape index (κ1) is 12.7. The summed E-state index contributed by atoms with van der Waals surface area (Å²) in [4.78, 5) is 4.18. The molecular weight excluding hydrogens is 252 g/mol. The quantitative estimate of drug-likeness (QED) is 0.839. The number of hydrogen-bond acceptors (Lipinski definition) is 4. The van der Waals surface area contributed by atoms with Gasteiger partial charge in [-0.15, -0.1) is 0 Å². The molecular formula is C11H14N4O2S. The summed E-state index contributed by atoms with van der Waals surface area (Å²) >= 11 is 0. The predicted molar refractivity (Wildman–Crippen MR) is 66.2 cm³/mol. The first-order valence-corrected chi connectivity index (χ1v) is 7.03. The number of H-pyrrole nitrogens is 1. The van der Waals surface area contributed by atoms with Crippen molar-refractivity contribution in [1.82, 2.24) is 19.9 Å². The van der Waals surface area contributed by atoms with Gasteiger partial charge in [0.1, 0.15) is 0 Å². The van der Waals surface area contributed by atoms with Gasteiger partial charge in [-0.1, -0.05) is 13.0 Å². The Morgan fingerprint density at radius 3 is 2.83 bits per heavy atom. The van der Waals surface area contributed by atoms with Gasteiger partial charge >= 0.3 is 0 Å². The number of sulfonamides is 1. The van der Waals surface area contributed by atoms with Gasteiger partial charge in [-0.3, -0.25) is 10.1 Å². The molecule has 2 N–H and O–H groups in total. The highest BCUT2D eigenvalue weighted by molar-refractivity contribution is 7.89. The maximum absolute atomic E-state index is 11.9.